The van der Waals surface area contributed by atoms with Gasteiger partial charge in [0, 0.05) is 15.8 Å². The lowest BCUT2D eigenvalue weighted by Crippen LogP contribution is -2.00. The van der Waals surface area contributed by atoms with Crippen LogP contribution in [0.3, 0.4) is 0 Å². The monoisotopic (exact) mass is 294 g/mol. The number of rotatable bonds is 3. The minimum absolute atomic E-state index is 0.191. The Bertz CT molecular complexity index is 516. The van der Waals surface area contributed by atoms with Crippen LogP contribution in [0.4, 0.5) is 0 Å². The van der Waals surface area contributed by atoms with E-state index in [0.717, 1.165) is 14.9 Å². The Hall–Kier alpha value is -0.930. The molecule has 0 atom stereocenters. The molecule has 0 saturated heterocycles. The molecular weight excluding hydrogens is 284 g/mol. The summed E-state index contributed by atoms with van der Waals surface area (Å²) in [5, 5.41) is 0. The first-order valence-electron chi connectivity index (χ1n) is 4.99. The summed E-state index contributed by atoms with van der Waals surface area (Å²) in [4.78, 5) is 14.0. The molecule has 0 saturated carbocycles. The highest BCUT2D eigenvalue weighted by Crippen LogP contribution is 2.19. The van der Waals surface area contributed by atoms with Crippen LogP contribution in [-0.2, 0) is 6.42 Å². The summed E-state index contributed by atoms with van der Waals surface area (Å²) in [5.41, 5.74) is 1.05. The maximum absolute atomic E-state index is 11.9. The van der Waals surface area contributed by atoms with Gasteiger partial charge in [-0.2, -0.15) is 0 Å². The second kappa shape index (κ2) is 4.93. The van der Waals surface area contributed by atoms with Crippen molar-refractivity contribution in [1.29, 1.82) is 0 Å². The lowest BCUT2D eigenvalue weighted by Gasteiger charge is -1.99. The maximum atomic E-state index is 11.9. The van der Waals surface area contributed by atoms with Crippen LogP contribution in [0.5, 0.6) is 0 Å². The second-order valence-corrected chi connectivity index (χ2v) is 5.84. The molecule has 1 nitrogen and oxygen atoms in total. The number of carbonyl (C=O) groups excluding carboxylic acids is 1. The molecule has 82 valence electrons. The zero-order chi connectivity index (χ0) is 11.5. The van der Waals surface area contributed by atoms with Crippen LogP contribution < -0.4 is 0 Å². The van der Waals surface area contributed by atoms with E-state index in [2.05, 4.69) is 15.9 Å². The van der Waals surface area contributed by atoms with Crippen LogP contribution in [0, 0.1) is 6.92 Å². The largest absolute Gasteiger partial charge is 0.293 e. The molecule has 0 fully saturated rings. The zero-order valence-corrected chi connectivity index (χ0v) is 11.3. The maximum Gasteiger partial charge on any atom is 0.177 e. The predicted molar refractivity (Wildman–Crippen MR) is 71.2 cm³/mol. The SMILES string of the molecule is Cc1ccc(C(=O)Cc2cccc(Br)c2)s1. The van der Waals surface area contributed by atoms with Crippen LogP contribution in [0.1, 0.15) is 20.1 Å². The number of benzene rings is 1. The fraction of sp³-hybridized carbons (Fsp3) is 0.154. The van der Waals surface area contributed by atoms with E-state index in [-0.39, 0.29) is 5.78 Å². The van der Waals surface area contributed by atoms with Gasteiger partial charge < -0.3 is 0 Å². The van der Waals surface area contributed by atoms with Gasteiger partial charge in [-0.25, -0.2) is 0 Å². The topological polar surface area (TPSA) is 17.1 Å². The molecule has 1 aromatic heterocycles. The van der Waals surface area contributed by atoms with Crippen molar-refractivity contribution >= 4 is 33.0 Å². The lowest BCUT2D eigenvalue weighted by atomic mass is 10.1. The number of carbonyl (C=O) groups is 1. The second-order valence-electron chi connectivity index (χ2n) is 3.64. The highest BCUT2D eigenvalue weighted by Gasteiger charge is 2.09. The van der Waals surface area contributed by atoms with Gasteiger partial charge in [-0.1, -0.05) is 28.1 Å². The Kier molecular flexibility index (Phi) is 3.56. The first-order chi connectivity index (χ1) is 7.65. The third kappa shape index (κ3) is 2.80. The van der Waals surface area contributed by atoms with E-state index in [0.29, 0.717) is 6.42 Å². The predicted octanol–water partition coefficient (Wildman–Crippen LogP) is 4.24. The van der Waals surface area contributed by atoms with Gasteiger partial charge >= 0.3 is 0 Å². The van der Waals surface area contributed by atoms with Gasteiger partial charge in [0.15, 0.2) is 5.78 Å². The van der Waals surface area contributed by atoms with Gasteiger partial charge in [0.25, 0.3) is 0 Å². The van der Waals surface area contributed by atoms with Crippen LogP contribution in [0.2, 0.25) is 0 Å². The van der Waals surface area contributed by atoms with Gasteiger partial charge in [-0.05, 0) is 36.8 Å². The molecule has 0 aliphatic heterocycles. The summed E-state index contributed by atoms with van der Waals surface area (Å²) in [6, 6.07) is 11.8. The van der Waals surface area contributed by atoms with Crippen molar-refractivity contribution in [1.82, 2.24) is 0 Å². The molecule has 2 aromatic rings. The summed E-state index contributed by atoms with van der Waals surface area (Å²) in [6.07, 6.45) is 0.472. The molecule has 1 aromatic carbocycles. The first kappa shape index (κ1) is 11.6. The van der Waals surface area contributed by atoms with Gasteiger partial charge in [0.1, 0.15) is 0 Å². The molecule has 0 unspecified atom stereocenters. The summed E-state index contributed by atoms with van der Waals surface area (Å²) >= 11 is 4.96. The molecule has 0 bridgehead atoms. The summed E-state index contributed by atoms with van der Waals surface area (Å²) in [7, 11) is 0. The quantitative estimate of drug-likeness (QED) is 0.774. The summed E-state index contributed by atoms with van der Waals surface area (Å²) < 4.78 is 1.01. The van der Waals surface area contributed by atoms with Gasteiger partial charge in [0.05, 0.1) is 4.88 Å². The van der Waals surface area contributed by atoms with Crippen molar-refractivity contribution in [3.05, 3.63) is 56.2 Å². The molecule has 0 N–H and O–H groups in total. The number of halogens is 1. The molecule has 0 aliphatic rings. The van der Waals surface area contributed by atoms with Crippen molar-refractivity contribution in [2.24, 2.45) is 0 Å². The number of ketones is 1. The number of hydrogen-bond donors (Lipinski definition) is 0. The van der Waals surface area contributed by atoms with Crippen molar-refractivity contribution < 1.29 is 4.79 Å². The average Bonchev–Trinajstić information content (AvgIpc) is 2.65. The number of aryl methyl sites for hydroxylation is 1. The normalized spacial score (nSPS) is 10.4. The number of Topliss-reactive ketones (excluding diaryl/α,β-unsaturated/α-hetero) is 1. The summed E-state index contributed by atoms with van der Waals surface area (Å²) in [6.45, 7) is 2.01. The van der Waals surface area contributed by atoms with E-state index in [1.54, 1.807) is 11.3 Å². The molecule has 3 heteroatoms. The van der Waals surface area contributed by atoms with E-state index in [4.69, 9.17) is 0 Å². The van der Waals surface area contributed by atoms with Crippen molar-refractivity contribution in [2.75, 3.05) is 0 Å². The lowest BCUT2D eigenvalue weighted by molar-refractivity contribution is 0.0997. The molecule has 1 heterocycles. The van der Waals surface area contributed by atoms with Crippen LogP contribution in [-0.4, -0.2) is 5.78 Å². The molecule has 0 radical (unpaired) electrons. The number of thiophene rings is 1. The standard InChI is InChI=1S/C13H11BrOS/c1-9-5-6-13(16-9)12(15)8-10-3-2-4-11(14)7-10/h2-7H,8H2,1H3. The van der Waals surface area contributed by atoms with Crippen molar-refractivity contribution in [2.45, 2.75) is 13.3 Å². The van der Waals surface area contributed by atoms with Gasteiger partial charge in [0.2, 0.25) is 0 Å². The van der Waals surface area contributed by atoms with Crippen LogP contribution in [0.15, 0.2) is 40.9 Å². The third-order valence-electron chi connectivity index (χ3n) is 2.27. The zero-order valence-electron chi connectivity index (χ0n) is 8.87. The Balaban J connectivity index is 2.13. The Labute approximate surface area is 107 Å². The minimum atomic E-state index is 0.191. The van der Waals surface area contributed by atoms with Crippen molar-refractivity contribution in [3.63, 3.8) is 0 Å². The Morgan fingerprint density at radius 1 is 1.31 bits per heavy atom. The molecule has 0 amide bonds. The Morgan fingerprint density at radius 3 is 2.75 bits per heavy atom. The minimum Gasteiger partial charge on any atom is -0.293 e. The van der Waals surface area contributed by atoms with Crippen LogP contribution >= 0.6 is 27.3 Å². The first-order valence-corrected chi connectivity index (χ1v) is 6.60. The molecule has 16 heavy (non-hydrogen) atoms. The van der Waals surface area contributed by atoms with E-state index >= 15 is 0 Å². The highest BCUT2D eigenvalue weighted by molar-refractivity contribution is 9.10. The highest BCUT2D eigenvalue weighted by atomic mass is 79.9. The van der Waals surface area contributed by atoms with E-state index < -0.39 is 0 Å². The van der Waals surface area contributed by atoms with Gasteiger partial charge in [-0.3, -0.25) is 4.79 Å². The van der Waals surface area contributed by atoms with E-state index in [9.17, 15) is 4.79 Å². The third-order valence-corrected chi connectivity index (χ3v) is 3.80. The van der Waals surface area contributed by atoms with Crippen molar-refractivity contribution in [3.8, 4) is 0 Å². The van der Waals surface area contributed by atoms with Crippen LogP contribution in [0.25, 0.3) is 0 Å². The van der Waals surface area contributed by atoms with E-state index in [1.807, 2.05) is 43.3 Å². The molecule has 2 rings (SSSR count). The average molecular weight is 295 g/mol. The molecule has 0 aliphatic carbocycles. The molecular formula is C13H11BrOS. The number of hydrogen-bond acceptors (Lipinski definition) is 2. The van der Waals surface area contributed by atoms with Gasteiger partial charge in [-0.15, -0.1) is 11.3 Å². The fourth-order valence-electron chi connectivity index (χ4n) is 1.50. The molecule has 0 spiro atoms. The van der Waals surface area contributed by atoms with E-state index in [1.165, 1.54) is 4.88 Å². The fourth-order valence-corrected chi connectivity index (χ4v) is 2.76. The smallest absolute Gasteiger partial charge is 0.177 e. The Morgan fingerprint density at radius 2 is 2.12 bits per heavy atom. The summed E-state index contributed by atoms with van der Waals surface area (Å²) in [5.74, 6) is 0.191.